The minimum atomic E-state index is 0.757. The van der Waals surface area contributed by atoms with E-state index >= 15 is 0 Å². The van der Waals surface area contributed by atoms with Crippen molar-refractivity contribution in [3.05, 3.63) is 95.5 Å². The molecule has 0 atom stereocenters. The van der Waals surface area contributed by atoms with Gasteiger partial charge in [-0.1, -0.05) is 51.5 Å². The third-order valence-corrected chi connectivity index (χ3v) is 8.34. The predicted octanol–water partition coefficient (Wildman–Crippen LogP) is 8.56. The fraction of sp³-hybridized carbons (Fsp3) is 0.364. The Morgan fingerprint density at radius 1 is 1.08 bits per heavy atom. The molecule has 6 heteroatoms. The second-order valence-electron chi connectivity index (χ2n) is 9.52. The fourth-order valence-electron chi connectivity index (χ4n) is 4.37. The standard InChI is InChI=1S/C27H32N4S.C6H12S/c1-4-6-21(28)17-23(26-16-20-15-18(5-2)7-12-24(20)30-26)25-13-14-29-27(31-25)19-8-10-22(32-3)11-9-19;1-3-5-7-6-4-2/h7-12,15-17,30H,4-6,13-14,28H2,1-3H3,(H,29,31);3H,1,4-6H2,2H3/b21-17-,25-23-;. The van der Waals surface area contributed by atoms with Crippen LogP contribution in [0.25, 0.3) is 16.5 Å². The molecule has 0 amide bonds. The van der Waals surface area contributed by atoms with Crippen molar-refractivity contribution in [3.63, 3.8) is 0 Å². The summed E-state index contributed by atoms with van der Waals surface area (Å²) in [5.41, 5.74) is 14.3. The molecule has 0 spiro atoms. The molecule has 3 aromatic rings. The van der Waals surface area contributed by atoms with Crippen LogP contribution in [-0.4, -0.2) is 35.1 Å². The number of aromatic nitrogens is 1. The third kappa shape index (κ3) is 9.11. The number of hydrogen-bond acceptors (Lipinski definition) is 5. The Morgan fingerprint density at radius 3 is 2.54 bits per heavy atom. The van der Waals surface area contributed by atoms with E-state index in [2.05, 4.69) is 98.5 Å². The van der Waals surface area contributed by atoms with E-state index in [4.69, 9.17) is 10.7 Å². The molecule has 0 bridgehead atoms. The molecule has 0 unspecified atom stereocenters. The van der Waals surface area contributed by atoms with Gasteiger partial charge in [-0.15, -0.1) is 18.3 Å². The Bertz CT molecular complexity index is 1300. The van der Waals surface area contributed by atoms with E-state index in [1.807, 2.05) is 17.8 Å². The summed E-state index contributed by atoms with van der Waals surface area (Å²) in [7, 11) is 0. The smallest absolute Gasteiger partial charge is 0.132 e. The highest BCUT2D eigenvalue weighted by Crippen LogP contribution is 2.28. The fourth-order valence-corrected chi connectivity index (χ4v) is 5.40. The zero-order valence-corrected chi connectivity index (χ0v) is 25.6. The Morgan fingerprint density at radius 2 is 1.87 bits per heavy atom. The number of fused-ring (bicyclic) bond motifs is 1. The Balaban J connectivity index is 0.000000532. The molecule has 1 aliphatic rings. The SMILES string of the molecule is C=CCSCCC.CCC/C(N)=C/C(=C1\CCN=C(c2ccc(SC)cc2)N1)c1cc2cc(CC)ccc2[nH]1. The van der Waals surface area contributed by atoms with Crippen molar-refractivity contribution < 1.29 is 0 Å². The summed E-state index contributed by atoms with van der Waals surface area (Å²) in [4.78, 5) is 9.64. The molecular weight excluding hydrogens is 517 g/mol. The van der Waals surface area contributed by atoms with Crippen molar-refractivity contribution >= 4 is 45.8 Å². The van der Waals surface area contributed by atoms with Crippen LogP contribution >= 0.6 is 23.5 Å². The number of nitrogens with two attached hydrogens (primary N) is 1. The second-order valence-corrected chi connectivity index (χ2v) is 11.5. The summed E-state index contributed by atoms with van der Waals surface area (Å²) in [6.07, 6.45) is 11.2. The molecule has 0 saturated heterocycles. The van der Waals surface area contributed by atoms with Crippen LogP contribution in [0.3, 0.4) is 0 Å². The van der Waals surface area contributed by atoms with Crippen LogP contribution in [-0.2, 0) is 6.42 Å². The Labute approximate surface area is 243 Å². The highest BCUT2D eigenvalue weighted by Gasteiger charge is 2.17. The number of aliphatic imine (C=N–C) groups is 1. The number of hydrogen-bond donors (Lipinski definition) is 3. The summed E-state index contributed by atoms with van der Waals surface area (Å²) in [5.74, 6) is 3.29. The molecule has 0 fully saturated rings. The third-order valence-electron chi connectivity index (χ3n) is 6.43. The lowest BCUT2D eigenvalue weighted by Gasteiger charge is -2.21. The van der Waals surface area contributed by atoms with E-state index < -0.39 is 0 Å². The van der Waals surface area contributed by atoms with E-state index in [0.717, 1.165) is 77.6 Å². The first kappa shape index (κ1) is 30.7. The van der Waals surface area contributed by atoms with Crippen LogP contribution < -0.4 is 11.1 Å². The number of H-pyrrole nitrogens is 1. The molecule has 1 aromatic heterocycles. The topological polar surface area (TPSA) is 66.2 Å². The van der Waals surface area contributed by atoms with Crippen molar-refractivity contribution in [2.24, 2.45) is 10.7 Å². The zero-order valence-electron chi connectivity index (χ0n) is 24.0. The lowest BCUT2D eigenvalue weighted by atomic mass is 10.0. The molecule has 4 N–H and O–H groups in total. The maximum Gasteiger partial charge on any atom is 0.132 e. The number of nitrogens with zero attached hydrogens (tertiary/aromatic N) is 1. The number of allylic oxidation sites excluding steroid dienone is 3. The largest absolute Gasteiger partial charge is 0.402 e. The van der Waals surface area contributed by atoms with Gasteiger partial charge in [0.25, 0.3) is 0 Å². The lowest BCUT2D eigenvalue weighted by Crippen LogP contribution is -2.29. The molecule has 1 aliphatic heterocycles. The first-order chi connectivity index (χ1) is 19.0. The van der Waals surface area contributed by atoms with Gasteiger partial charge in [-0.2, -0.15) is 11.8 Å². The summed E-state index contributed by atoms with van der Waals surface area (Å²) >= 11 is 3.68. The van der Waals surface area contributed by atoms with Gasteiger partial charge in [-0.05, 0) is 73.2 Å². The van der Waals surface area contributed by atoms with Crippen LogP contribution in [0.1, 0.15) is 63.3 Å². The van der Waals surface area contributed by atoms with Crippen molar-refractivity contribution in [2.45, 2.75) is 57.8 Å². The highest BCUT2D eigenvalue weighted by molar-refractivity contribution is 7.99. The summed E-state index contributed by atoms with van der Waals surface area (Å²) < 4.78 is 0. The average Bonchev–Trinajstić information content (AvgIpc) is 3.40. The number of aryl methyl sites for hydroxylation is 1. The number of thioether (sulfide) groups is 2. The minimum absolute atomic E-state index is 0.757. The van der Waals surface area contributed by atoms with E-state index in [1.54, 1.807) is 11.8 Å². The van der Waals surface area contributed by atoms with Gasteiger partial charge < -0.3 is 16.0 Å². The van der Waals surface area contributed by atoms with Crippen LogP contribution in [0.4, 0.5) is 0 Å². The molecule has 0 saturated carbocycles. The lowest BCUT2D eigenvalue weighted by molar-refractivity contribution is 0.843. The molecule has 39 heavy (non-hydrogen) atoms. The first-order valence-electron chi connectivity index (χ1n) is 14.0. The second kappa shape index (κ2) is 16.3. The van der Waals surface area contributed by atoms with Gasteiger partial charge in [0.2, 0.25) is 0 Å². The van der Waals surface area contributed by atoms with E-state index in [9.17, 15) is 0 Å². The van der Waals surface area contributed by atoms with Crippen molar-refractivity contribution in [2.75, 3.05) is 24.3 Å². The molecule has 0 radical (unpaired) electrons. The van der Waals surface area contributed by atoms with Gasteiger partial charge >= 0.3 is 0 Å². The zero-order chi connectivity index (χ0) is 28.0. The van der Waals surface area contributed by atoms with Crippen LogP contribution in [0, 0.1) is 0 Å². The van der Waals surface area contributed by atoms with Gasteiger partial charge in [-0.3, -0.25) is 4.99 Å². The van der Waals surface area contributed by atoms with E-state index in [0.29, 0.717) is 0 Å². The van der Waals surface area contributed by atoms with Crippen LogP contribution in [0.2, 0.25) is 0 Å². The van der Waals surface area contributed by atoms with Gasteiger partial charge in [0.15, 0.2) is 0 Å². The summed E-state index contributed by atoms with van der Waals surface area (Å²) in [5, 5.41) is 4.86. The monoisotopic (exact) mass is 560 g/mol. The van der Waals surface area contributed by atoms with Gasteiger partial charge in [0, 0.05) is 62.7 Å². The van der Waals surface area contributed by atoms with Gasteiger partial charge in [-0.25, -0.2) is 0 Å². The maximum atomic E-state index is 6.40. The highest BCUT2D eigenvalue weighted by atomic mass is 32.2. The molecule has 2 heterocycles. The Kier molecular flexibility index (Phi) is 12.8. The van der Waals surface area contributed by atoms with Crippen LogP contribution in [0.15, 0.2) is 88.5 Å². The first-order valence-corrected chi connectivity index (χ1v) is 16.4. The number of nitrogens with one attached hydrogen (secondary N) is 2. The number of rotatable bonds is 11. The number of aromatic amines is 1. The van der Waals surface area contributed by atoms with Crippen LogP contribution in [0.5, 0.6) is 0 Å². The van der Waals surface area contributed by atoms with Gasteiger partial charge in [0.05, 0.1) is 0 Å². The summed E-state index contributed by atoms with van der Waals surface area (Å²) in [6, 6.07) is 17.4. The van der Waals surface area contributed by atoms with Crippen molar-refractivity contribution in [1.82, 2.24) is 10.3 Å². The van der Waals surface area contributed by atoms with Crippen molar-refractivity contribution in [1.29, 1.82) is 0 Å². The molecule has 4 nitrogen and oxygen atoms in total. The molecule has 0 aliphatic carbocycles. The molecule has 2 aromatic carbocycles. The molecular formula is C33H44N4S2. The number of benzene rings is 2. The van der Waals surface area contributed by atoms with E-state index in [-0.39, 0.29) is 0 Å². The number of amidine groups is 1. The van der Waals surface area contributed by atoms with Crippen molar-refractivity contribution in [3.8, 4) is 0 Å². The molecule has 208 valence electrons. The maximum absolute atomic E-state index is 6.40. The van der Waals surface area contributed by atoms with E-state index in [1.165, 1.54) is 28.0 Å². The normalized spacial score (nSPS) is 14.8. The quantitative estimate of drug-likeness (QED) is 0.125. The summed E-state index contributed by atoms with van der Waals surface area (Å²) in [6.45, 7) is 10.9. The Hall–Kier alpha value is -2.83. The van der Waals surface area contributed by atoms with Gasteiger partial charge in [0.1, 0.15) is 5.84 Å². The molecule has 4 rings (SSSR count). The minimum Gasteiger partial charge on any atom is -0.402 e. The predicted molar refractivity (Wildman–Crippen MR) is 177 cm³/mol. The average molecular weight is 561 g/mol.